The summed E-state index contributed by atoms with van der Waals surface area (Å²) in [6.45, 7) is 16.1. The molecule has 0 unspecified atom stereocenters. The molecule has 0 bridgehead atoms. The topological polar surface area (TPSA) is 39.6 Å². The molecule has 1 fully saturated rings. The number of thiazole rings is 1. The maximum absolute atomic E-state index is 9.48. The van der Waals surface area contributed by atoms with E-state index in [1.165, 1.54) is 42.4 Å². The predicted octanol–water partition coefficient (Wildman–Crippen LogP) is 6.22. The molecule has 2 aliphatic rings. The van der Waals surface area contributed by atoms with Crippen LogP contribution in [0.4, 0.5) is 5.13 Å². The van der Waals surface area contributed by atoms with Crippen molar-refractivity contribution in [3.8, 4) is 11.3 Å². The molecule has 1 aromatic heterocycles. The molecule has 4 rings (SSSR count). The van der Waals surface area contributed by atoms with E-state index in [2.05, 4.69) is 68.0 Å². The minimum absolute atomic E-state index is 0.222. The first-order valence-corrected chi connectivity index (χ1v) is 13.8. The Bertz CT molecular complexity index is 927. The SMILES string of the molecule is CCCCN(CCO)C1CCN(c2nc(-c3ccc4c(c3)C(C)(C)CCC4(C)C)cs2)CC1. The molecule has 0 saturated carbocycles. The van der Waals surface area contributed by atoms with E-state index in [1.807, 2.05) is 0 Å². The van der Waals surface area contributed by atoms with Crippen molar-refractivity contribution in [2.45, 2.75) is 90.0 Å². The maximum atomic E-state index is 9.48. The highest BCUT2D eigenvalue weighted by Gasteiger charge is 2.37. The zero-order valence-corrected chi connectivity index (χ0v) is 22.2. The number of hydrogen-bond acceptors (Lipinski definition) is 5. The van der Waals surface area contributed by atoms with Crippen LogP contribution in [0.15, 0.2) is 23.6 Å². The lowest BCUT2D eigenvalue weighted by atomic mass is 9.63. The fourth-order valence-electron chi connectivity index (χ4n) is 5.68. The second kappa shape index (κ2) is 10.1. The lowest BCUT2D eigenvalue weighted by Gasteiger charge is -2.42. The van der Waals surface area contributed by atoms with E-state index in [0.717, 1.165) is 49.8 Å². The van der Waals surface area contributed by atoms with Gasteiger partial charge in [-0.15, -0.1) is 11.3 Å². The van der Waals surface area contributed by atoms with Crippen molar-refractivity contribution in [2.24, 2.45) is 0 Å². The zero-order valence-electron chi connectivity index (χ0n) is 21.4. The standard InChI is InChI=1S/C28H43N3OS/c1-6-7-14-30(17-18-32)22-10-15-31(16-11-22)26-29-25(20-33-26)21-8-9-23-24(19-21)28(4,5)13-12-27(23,2)3/h8-9,19-20,22,32H,6-7,10-18H2,1-5H3. The number of nitrogens with zero attached hydrogens (tertiary/aromatic N) is 3. The highest BCUT2D eigenvalue weighted by atomic mass is 32.1. The third-order valence-electron chi connectivity index (χ3n) is 8.08. The number of piperidine rings is 1. The molecule has 33 heavy (non-hydrogen) atoms. The Balaban J connectivity index is 1.46. The Labute approximate surface area is 205 Å². The van der Waals surface area contributed by atoms with E-state index < -0.39 is 0 Å². The summed E-state index contributed by atoms with van der Waals surface area (Å²) in [6.07, 6.45) is 7.21. The van der Waals surface area contributed by atoms with Crippen LogP contribution in [0.1, 0.15) is 84.3 Å². The van der Waals surface area contributed by atoms with E-state index >= 15 is 0 Å². The molecule has 1 aromatic carbocycles. The van der Waals surface area contributed by atoms with Crippen LogP contribution >= 0.6 is 11.3 Å². The summed E-state index contributed by atoms with van der Waals surface area (Å²) in [5.74, 6) is 0. The highest BCUT2D eigenvalue weighted by Crippen LogP contribution is 2.47. The molecule has 0 radical (unpaired) electrons. The van der Waals surface area contributed by atoms with Crippen molar-refractivity contribution in [3.63, 3.8) is 0 Å². The summed E-state index contributed by atoms with van der Waals surface area (Å²) in [5, 5.41) is 12.9. The quantitative estimate of drug-likeness (QED) is 0.498. The van der Waals surface area contributed by atoms with Gasteiger partial charge in [-0.05, 0) is 66.7 Å². The molecule has 0 atom stereocenters. The van der Waals surface area contributed by atoms with Gasteiger partial charge in [-0.3, -0.25) is 4.90 Å². The number of benzene rings is 1. The molecule has 1 saturated heterocycles. The Morgan fingerprint density at radius 3 is 2.42 bits per heavy atom. The summed E-state index contributed by atoms with van der Waals surface area (Å²) >= 11 is 1.78. The Morgan fingerprint density at radius 2 is 1.76 bits per heavy atom. The molecule has 182 valence electrons. The van der Waals surface area contributed by atoms with Crippen LogP contribution < -0.4 is 4.90 Å². The number of hydrogen-bond donors (Lipinski definition) is 1. The second-order valence-corrected chi connectivity index (χ2v) is 12.2. The van der Waals surface area contributed by atoms with E-state index in [0.29, 0.717) is 6.04 Å². The van der Waals surface area contributed by atoms with Crippen LogP contribution in [0, 0.1) is 0 Å². The lowest BCUT2D eigenvalue weighted by Crippen LogP contribution is -2.46. The summed E-state index contributed by atoms with van der Waals surface area (Å²) in [5.41, 5.74) is 5.86. The summed E-state index contributed by atoms with van der Waals surface area (Å²) < 4.78 is 0. The number of aliphatic hydroxyl groups is 1. The van der Waals surface area contributed by atoms with E-state index in [9.17, 15) is 5.11 Å². The molecular formula is C28H43N3OS. The molecule has 1 aliphatic carbocycles. The molecule has 0 amide bonds. The van der Waals surface area contributed by atoms with Gasteiger partial charge in [0, 0.05) is 36.6 Å². The second-order valence-electron chi connectivity index (χ2n) is 11.4. The van der Waals surface area contributed by atoms with Gasteiger partial charge in [0.15, 0.2) is 5.13 Å². The van der Waals surface area contributed by atoms with Gasteiger partial charge in [-0.2, -0.15) is 0 Å². The average molecular weight is 470 g/mol. The third-order valence-corrected chi connectivity index (χ3v) is 8.98. The van der Waals surface area contributed by atoms with Gasteiger partial charge in [0.25, 0.3) is 0 Å². The first-order chi connectivity index (χ1) is 15.7. The minimum Gasteiger partial charge on any atom is -0.395 e. The maximum Gasteiger partial charge on any atom is 0.185 e. The number of fused-ring (bicyclic) bond motifs is 1. The average Bonchev–Trinajstić information content (AvgIpc) is 3.30. The summed E-state index contributed by atoms with van der Waals surface area (Å²) in [6, 6.07) is 7.66. The fourth-order valence-corrected chi connectivity index (χ4v) is 6.57. The van der Waals surface area contributed by atoms with Gasteiger partial charge < -0.3 is 10.0 Å². The molecule has 0 spiro atoms. The van der Waals surface area contributed by atoms with Gasteiger partial charge in [0.1, 0.15) is 0 Å². The van der Waals surface area contributed by atoms with Gasteiger partial charge >= 0.3 is 0 Å². The molecule has 1 N–H and O–H groups in total. The number of aliphatic hydroxyl groups excluding tert-OH is 1. The minimum atomic E-state index is 0.222. The fraction of sp³-hybridized carbons (Fsp3) is 0.679. The number of anilines is 1. The normalized spacial score (nSPS) is 20.3. The molecule has 2 aromatic rings. The predicted molar refractivity (Wildman–Crippen MR) is 142 cm³/mol. The van der Waals surface area contributed by atoms with Crippen molar-refractivity contribution in [1.29, 1.82) is 0 Å². The number of aromatic nitrogens is 1. The molecule has 5 heteroatoms. The highest BCUT2D eigenvalue weighted by molar-refractivity contribution is 7.14. The molecule has 2 heterocycles. The van der Waals surface area contributed by atoms with Crippen LogP contribution in [0.2, 0.25) is 0 Å². The van der Waals surface area contributed by atoms with Crippen molar-refractivity contribution in [1.82, 2.24) is 9.88 Å². The number of rotatable bonds is 8. The van der Waals surface area contributed by atoms with Crippen molar-refractivity contribution < 1.29 is 5.11 Å². The number of unbranched alkanes of at least 4 members (excludes halogenated alkanes) is 1. The lowest BCUT2D eigenvalue weighted by molar-refractivity contribution is 0.131. The van der Waals surface area contributed by atoms with E-state index in [1.54, 1.807) is 11.3 Å². The van der Waals surface area contributed by atoms with Gasteiger partial charge in [0.2, 0.25) is 0 Å². The van der Waals surface area contributed by atoms with E-state index in [4.69, 9.17) is 4.98 Å². The zero-order chi connectivity index (χ0) is 23.6. The molecule has 4 nitrogen and oxygen atoms in total. The van der Waals surface area contributed by atoms with Gasteiger partial charge in [-0.25, -0.2) is 4.98 Å². The first kappa shape index (κ1) is 24.7. The smallest absolute Gasteiger partial charge is 0.185 e. The molecule has 1 aliphatic heterocycles. The molecular weight excluding hydrogens is 426 g/mol. The van der Waals surface area contributed by atoms with Crippen LogP contribution in [0.25, 0.3) is 11.3 Å². The van der Waals surface area contributed by atoms with Crippen LogP contribution in [0.3, 0.4) is 0 Å². The first-order valence-electron chi connectivity index (χ1n) is 13.0. The van der Waals surface area contributed by atoms with Crippen molar-refractivity contribution in [3.05, 3.63) is 34.7 Å². The van der Waals surface area contributed by atoms with Crippen LogP contribution in [-0.4, -0.2) is 53.8 Å². The van der Waals surface area contributed by atoms with Gasteiger partial charge in [-0.1, -0.05) is 53.2 Å². The largest absolute Gasteiger partial charge is 0.395 e. The Kier molecular flexibility index (Phi) is 7.52. The Hall–Kier alpha value is -1.43. The van der Waals surface area contributed by atoms with E-state index in [-0.39, 0.29) is 17.4 Å². The van der Waals surface area contributed by atoms with Crippen molar-refractivity contribution >= 4 is 16.5 Å². The third kappa shape index (κ3) is 5.31. The Morgan fingerprint density at radius 1 is 1.06 bits per heavy atom. The monoisotopic (exact) mass is 469 g/mol. The summed E-state index contributed by atoms with van der Waals surface area (Å²) in [4.78, 5) is 10.1. The van der Waals surface area contributed by atoms with Gasteiger partial charge in [0.05, 0.1) is 12.3 Å². The van der Waals surface area contributed by atoms with Crippen LogP contribution in [0.5, 0.6) is 0 Å². The van der Waals surface area contributed by atoms with Crippen LogP contribution in [-0.2, 0) is 10.8 Å². The van der Waals surface area contributed by atoms with Crippen molar-refractivity contribution in [2.75, 3.05) is 37.7 Å². The summed E-state index contributed by atoms with van der Waals surface area (Å²) in [7, 11) is 0.